The molecule has 0 saturated heterocycles. The van der Waals surface area contributed by atoms with Gasteiger partial charge in [-0.3, -0.25) is 0 Å². The first-order chi connectivity index (χ1) is 15.7. The van der Waals surface area contributed by atoms with E-state index in [9.17, 15) is 0 Å². The van der Waals surface area contributed by atoms with Gasteiger partial charge in [-0.25, -0.2) is 0 Å². The van der Waals surface area contributed by atoms with Crippen LogP contribution >= 0.6 is 0 Å². The van der Waals surface area contributed by atoms with E-state index in [4.69, 9.17) is 0 Å². The molecule has 1 nitrogen and oxygen atoms in total. The highest BCUT2D eigenvalue weighted by Crippen LogP contribution is 2.38. The number of hydrogen-bond donors (Lipinski definition) is 1. The van der Waals surface area contributed by atoms with E-state index < -0.39 is 0 Å². The largest absolute Gasteiger partial charge is 0.374 e. The van der Waals surface area contributed by atoms with Crippen molar-refractivity contribution in [1.82, 2.24) is 5.32 Å². The lowest BCUT2D eigenvalue weighted by molar-refractivity contribution is 0.736. The van der Waals surface area contributed by atoms with E-state index in [1.54, 1.807) is 11.1 Å². The first-order valence-corrected chi connectivity index (χ1v) is 11.8. The number of rotatable bonds is 2. The molecule has 0 fully saturated rings. The Morgan fingerprint density at radius 2 is 1.66 bits per heavy atom. The molecule has 2 aliphatic carbocycles. The van der Waals surface area contributed by atoms with Gasteiger partial charge >= 0.3 is 0 Å². The summed E-state index contributed by atoms with van der Waals surface area (Å²) in [6.45, 7) is 6.63. The zero-order valence-corrected chi connectivity index (χ0v) is 18.9. The van der Waals surface area contributed by atoms with Crippen LogP contribution in [-0.2, 0) is 12.8 Å². The van der Waals surface area contributed by atoms with Gasteiger partial charge in [0.25, 0.3) is 0 Å². The zero-order valence-electron chi connectivity index (χ0n) is 18.9. The van der Waals surface area contributed by atoms with Crippen LogP contribution in [0.1, 0.15) is 64.2 Å². The maximum atomic E-state index is 4.50. The SMILES string of the molecule is C=C1/C=C\C=C/C/C=C(/c2ccc(C)cc2)NC1c1cc2c(c3c1C=CCC3)CCC=C2. The second kappa shape index (κ2) is 9.04. The van der Waals surface area contributed by atoms with Crippen molar-refractivity contribution in [3.05, 3.63) is 124 Å². The van der Waals surface area contributed by atoms with Crippen molar-refractivity contribution in [2.24, 2.45) is 0 Å². The highest BCUT2D eigenvalue weighted by Gasteiger charge is 2.25. The normalized spacial score (nSPS) is 23.3. The smallest absolute Gasteiger partial charge is 0.0768 e. The lowest BCUT2D eigenvalue weighted by atomic mass is 9.80. The van der Waals surface area contributed by atoms with E-state index >= 15 is 0 Å². The van der Waals surface area contributed by atoms with Gasteiger partial charge in [-0.2, -0.15) is 0 Å². The van der Waals surface area contributed by atoms with Crippen LogP contribution in [0.5, 0.6) is 0 Å². The highest BCUT2D eigenvalue weighted by molar-refractivity contribution is 5.72. The number of allylic oxidation sites excluding steroid dienone is 6. The summed E-state index contributed by atoms with van der Waals surface area (Å²) in [6.07, 6.45) is 25.6. The number of hydrogen-bond acceptors (Lipinski definition) is 1. The summed E-state index contributed by atoms with van der Waals surface area (Å²) in [7, 11) is 0. The Morgan fingerprint density at radius 3 is 2.50 bits per heavy atom. The van der Waals surface area contributed by atoms with E-state index in [0.29, 0.717) is 0 Å². The van der Waals surface area contributed by atoms with Crippen LogP contribution in [0.4, 0.5) is 0 Å². The first-order valence-electron chi connectivity index (χ1n) is 11.8. The van der Waals surface area contributed by atoms with Gasteiger partial charge in [-0.05, 0) is 84.0 Å². The summed E-state index contributed by atoms with van der Waals surface area (Å²) >= 11 is 0. The maximum Gasteiger partial charge on any atom is 0.0768 e. The molecule has 5 rings (SSSR count). The number of fused-ring (bicyclic) bond motifs is 3. The second-order valence-electron chi connectivity index (χ2n) is 8.97. The van der Waals surface area contributed by atoms with Crippen LogP contribution in [0, 0.1) is 6.92 Å². The van der Waals surface area contributed by atoms with E-state index in [0.717, 1.165) is 43.4 Å². The average molecular weight is 418 g/mol. The third-order valence-electron chi connectivity index (χ3n) is 6.72. The van der Waals surface area contributed by atoms with Crippen LogP contribution in [-0.4, -0.2) is 0 Å². The quantitative estimate of drug-likeness (QED) is 0.529. The van der Waals surface area contributed by atoms with Crippen LogP contribution in [0.25, 0.3) is 17.8 Å². The van der Waals surface area contributed by atoms with Crippen molar-refractivity contribution < 1.29 is 0 Å². The molecule has 1 heteroatoms. The Labute approximate surface area is 192 Å². The van der Waals surface area contributed by atoms with Gasteiger partial charge < -0.3 is 5.32 Å². The van der Waals surface area contributed by atoms with Crippen LogP contribution in [0.3, 0.4) is 0 Å². The zero-order chi connectivity index (χ0) is 21.9. The molecule has 0 spiro atoms. The molecule has 1 heterocycles. The molecular formula is C31H31N. The molecule has 1 atom stereocenters. The molecular weight excluding hydrogens is 386 g/mol. The van der Waals surface area contributed by atoms with E-state index in [1.807, 2.05) is 0 Å². The molecule has 1 unspecified atom stereocenters. The summed E-state index contributed by atoms with van der Waals surface area (Å²) < 4.78 is 0. The van der Waals surface area contributed by atoms with Crippen molar-refractivity contribution in [2.75, 3.05) is 0 Å². The number of benzene rings is 2. The average Bonchev–Trinajstić information content (AvgIpc) is 2.83. The number of nitrogens with one attached hydrogen (secondary N) is 1. The fraction of sp³-hybridized carbons (Fsp3) is 0.226. The minimum atomic E-state index is 0.0161. The monoisotopic (exact) mass is 417 g/mol. The van der Waals surface area contributed by atoms with Crippen molar-refractivity contribution in [2.45, 2.75) is 45.1 Å². The van der Waals surface area contributed by atoms with Crippen molar-refractivity contribution in [3.8, 4) is 0 Å². The van der Waals surface area contributed by atoms with Gasteiger partial charge in [-0.15, -0.1) is 0 Å². The molecule has 0 radical (unpaired) electrons. The van der Waals surface area contributed by atoms with Gasteiger partial charge in [-0.1, -0.05) is 91.1 Å². The van der Waals surface area contributed by atoms with Crippen molar-refractivity contribution in [1.29, 1.82) is 0 Å². The Hall–Kier alpha value is -3.32. The molecule has 1 aliphatic heterocycles. The van der Waals surface area contributed by atoms with Crippen LogP contribution in [0.2, 0.25) is 0 Å². The molecule has 32 heavy (non-hydrogen) atoms. The number of aryl methyl sites for hydroxylation is 1. The van der Waals surface area contributed by atoms with Gasteiger partial charge in [0, 0.05) is 5.70 Å². The van der Waals surface area contributed by atoms with Gasteiger partial charge in [0.05, 0.1) is 6.04 Å². The summed E-state index contributed by atoms with van der Waals surface area (Å²) in [4.78, 5) is 0. The lowest BCUT2D eigenvalue weighted by Crippen LogP contribution is -2.24. The summed E-state index contributed by atoms with van der Waals surface area (Å²) in [5.41, 5.74) is 11.9. The Balaban J connectivity index is 1.65. The molecule has 0 bridgehead atoms. The Morgan fingerprint density at radius 1 is 0.875 bits per heavy atom. The molecule has 0 amide bonds. The third kappa shape index (κ3) is 4.08. The van der Waals surface area contributed by atoms with E-state index in [1.165, 1.54) is 27.8 Å². The predicted octanol–water partition coefficient (Wildman–Crippen LogP) is 7.66. The van der Waals surface area contributed by atoms with Crippen molar-refractivity contribution in [3.63, 3.8) is 0 Å². The van der Waals surface area contributed by atoms with Crippen LogP contribution < -0.4 is 5.32 Å². The molecule has 2 aromatic rings. The van der Waals surface area contributed by atoms with Gasteiger partial charge in [0.2, 0.25) is 0 Å². The van der Waals surface area contributed by atoms with E-state index in [2.05, 4.69) is 104 Å². The predicted molar refractivity (Wildman–Crippen MR) is 138 cm³/mol. The third-order valence-corrected chi connectivity index (χ3v) is 6.72. The molecule has 1 N–H and O–H groups in total. The topological polar surface area (TPSA) is 12.0 Å². The van der Waals surface area contributed by atoms with Crippen molar-refractivity contribution >= 4 is 17.8 Å². The minimum Gasteiger partial charge on any atom is -0.374 e. The van der Waals surface area contributed by atoms with Gasteiger partial charge in [0.15, 0.2) is 0 Å². The van der Waals surface area contributed by atoms with Crippen LogP contribution in [0.15, 0.2) is 85.0 Å². The molecule has 160 valence electrons. The maximum absolute atomic E-state index is 4.50. The molecule has 2 aromatic carbocycles. The lowest BCUT2D eigenvalue weighted by Gasteiger charge is -2.30. The molecule has 3 aliphatic rings. The fourth-order valence-corrected chi connectivity index (χ4v) is 5.01. The second-order valence-corrected chi connectivity index (χ2v) is 8.97. The molecule has 0 saturated carbocycles. The fourth-order valence-electron chi connectivity index (χ4n) is 5.01. The Kier molecular flexibility index (Phi) is 5.81. The molecule has 0 aromatic heterocycles. The standard InChI is InChI=1S/C31H31N/c1-22-17-19-24(20-18-22)30-16-6-4-3-5-11-23(2)31(32-30)29-21-25-12-7-8-13-26(25)27-14-9-10-15-28(27)29/h3-5,7,10-12,15-21,31-32H,2,6,8-9,13-14H2,1H3/b4-3-,11-5-,30-16-. The first kappa shape index (κ1) is 20.6. The van der Waals surface area contributed by atoms with E-state index in [-0.39, 0.29) is 6.04 Å². The summed E-state index contributed by atoms with van der Waals surface area (Å²) in [5, 5.41) is 3.90. The summed E-state index contributed by atoms with van der Waals surface area (Å²) in [6, 6.07) is 11.2. The minimum absolute atomic E-state index is 0.0161. The van der Waals surface area contributed by atoms with Gasteiger partial charge in [0.1, 0.15) is 0 Å². The Bertz CT molecular complexity index is 1180. The highest BCUT2D eigenvalue weighted by atomic mass is 14.9. The summed E-state index contributed by atoms with van der Waals surface area (Å²) in [5.74, 6) is 0.